The molecule has 0 unspecified atom stereocenters. The number of rotatable bonds is 1. The minimum atomic E-state index is -0.681. The number of hydrogen-bond acceptors (Lipinski definition) is 2. The molecule has 1 atom stereocenters. The van der Waals surface area contributed by atoms with Gasteiger partial charge in [-0.1, -0.05) is 0 Å². The van der Waals surface area contributed by atoms with Crippen LogP contribution in [0.3, 0.4) is 0 Å². The van der Waals surface area contributed by atoms with Crippen LogP contribution in [0.25, 0.3) is 0 Å². The Morgan fingerprint density at radius 2 is 2.40 bits per heavy atom. The van der Waals surface area contributed by atoms with E-state index in [2.05, 4.69) is 5.32 Å². The lowest BCUT2D eigenvalue weighted by Crippen LogP contribution is -2.43. The molecule has 1 saturated heterocycles. The summed E-state index contributed by atoms with van der Waals surface area (Å²) in [5.41, 5.74) is -0.516. The van der Waals surface area contributed by atoms with Crippen LogP contribution in [0.5, 0.6) is 0 Å². The molecule has 1 aliphatic heterocycles. The van der Waals surface area contributed by atoms with Gasteiger partial charge in [-0.05, 0) is 26.3 Å². The predicted octanol–water partition coefficient (Wildman–Crippen LogP) is 0.461. The zero-order valence-corrected chi connectivity index (χ0v) is 6.18. The molecule has 1 rings (SSSR count). The molecular formula is C7H13NO2. The number of hydrogen-bond donors (Lipinski definition) is 2. The van der Waals surface area contributed by atoms with E-state index in [9.17, 15) is 4.79 Å². The number of aliphatic carboxylic acids is 1. The van der Waals surface area contributed by atoms with Gasteiger partial charge in [0.2, 0.25) is 0 Å². The van der Waals surface area contributed by atoms with Gasteiger partial charge in [0.1, 0.15) is 0 Å². The summed E-state index contributed by atoms with van der Waals surface area (Å²) in [6.45, 7) is 3.37. The van der Waals surface area contributed by atoms with Crippen LogP contribution in [0, 0.1) is 5.41 Å². The van der Waals surface area contributed by atoms with E-state index in [1.54, 1.807) is 6.92 Å². The third-order valence-corrected chi connectivity index (χ3v) is 2.11. The van der Waals surface area contributed by atoms with Crippen molar-refractivity contribution in [3.8, 4) is 0 Å². The quantitative estimate of drug-likeness (QED) is 0.560. The highest BCUT2D eigenvalue weighted by atomic mass is 16.4. The van der Waals surface area contributed by atoms with Crippen LogP contribution < -0.4 is 5.32 Å². The topological polar surface area (TPSA) is 49.3 Å². The molecule has 0 aromatic carbocycles. The third kappa shape index (κ3) is 1.29. The van der Waals surface area contributed by atoms with Crippen LogP contribution in [-0.4, -0.2) is 24.2 Å². The standard InChI is InChI=1S/C7H13NO2/c1-7(6(9)10)3-2-4-8-5-7/h8H,2-5H2,1H3,(H,9,10)/t7-/m0/s1. The molecule has 1 aliphatic rings. The Bertz CT molecular complexity index is 139. The van der Waals surface area contributed by atoms with Crippen molar-refractivity contribution in [2.24, 2.45) is 5.41 Å². The molecule has 10 heavy (non-hydrogen) atoms. The summed E-state index contributed by atoms with van der Waals surface area (Å²) >= 11 is 0. The molecule has 0 aromatic heterocycles. The van der Waals surface area contributed by atoms with Crippen LogP contribution in [0.1, 0.15) is 19.8 Å². The number of carboxylic acids is 1. The van der Waals surface area contributed by atoms with E-state index in [1.165, 1.54) is 0 Å². The second kappa shape index (κ2) is 2.58. The fourth-order valence-corrected chi connectivity index (χ4v) is 1.24. The van der Waals surface area contributed by atoms with Crippen molar-refractivity contribution >= 4 is 5.97 Å². The lowest BCUT2D eigenvalue weighted by Gasteiger charge is -2.29. The summed E-state index contributed by atoms with van der Waals surface area (Å²) in [5.74, 6) is -0.681. The molecule has 2 N–H and O–H groups in total. The summed E-state index contributed by atoms with van der Waals surface area (Å²) in [6.07, 6.45) is 1.78. The van der Waals surface area contributed by atoms with Gasteiger partial charge in [0.05, 0.1) is 5.41 Å². The average Bonchev–Trinajstić information content (AvgIpc) is 1.89. The van der Waals surface area contributed by atoms with Crippen molar-refractivity contribution in [1.82, 2.24) is 5.32 Å². The van der Waals surface area contributed by atoms with E-state index in [0.29, 0.717) is 6.54 Å². The second-order valence-electron chi connectivity index (χ2n) is 3.15. The highest BCUT2D eigenvalue weighted by Gasteiger charge is 2.34. The molecule has 3 heteroatoms. The normalized spacial score (nSPS) is 33.7. The van der Waals surface area contributed by atoms with Gasteiger partial charge >= 0.3 is 5.97 Å². The van der Waals surface area contributed by atoms with Gasteiger partial charge in [-0.3, -0.25) is 4.79 Å². The molecule has 0 aromatic rings. The van der Waals surface area contributed by atoms with Crippen molar-refractivity contribution in [2.75, 3.05) is 13.1 Å². The van der Waals surface area contributed by atoms with Gasteiger partial charge in [-0.2, -0.15) is 0 Å². The SMILES string of the molecule is C[C@]1(C(=O)O)CCCNC1. The fraction of sp³-hybridized carbons (Fsp3) is 0.857. The van der Waals surface area contributed by atoms with Crippen LogP contribution >= 0.6 is 0 Å². The Balaban J connectivity index is 2.56. The van der Waals surface area contributed by atoms with E-state index in [4.69, 9.17) is 5.11 Å². The maximum absolute atomic E-state index is 10.6. The van der Waals surface area contributed by atoms with Crippen molar-refractivity contribution < 1.29 is 9.90 Å². The molecule has 58 valence electrons. The Morgan fingerprint density at radius 1 is 1.70 bits per heavy atom. The van der Waals surface area contributed by atoms with Gasteiger partial charge in [-0.25, -0.2) is 0 Å². The van der Waals surface area contributed by atoms with E-state index in [0.717, 1.165) is 19.4 Å². The molecule has 1 heterocycles. The van der Waals surface area contributed by atoms with Crippen LogP contribution in [-0.2, 0) is 4.79 Å². The molecule has 0 saturated carbocycles. The number of nitrogens with one attached hydrogen (secondary N) is 1. The second-order valence-corrected chi connectivity index (χ2v) is 3.15. The maximum Gasteiger partial charge on any atom is 0.310 e. The van der Waals surface area contributed by atoms with Gasteiger partial charge in [-0.15, -0.1) is 0 Å². The van der Waals surface area contributed by atoms with E-state index >= 15 is 0 Å². The first-order valence-corrected chi connectivity index (χ1v) is 3.59. The summed E-state index contributed by atoms with van der Waals surface area (Å²) in [4.78, 5) is 10.6. The summed E-state index contributed by atoms with van der Waals surface area (Å²) in [6, 6.07) is 0. The first kappa shape index (κ1) is 7.54. The molecule has 0 spiro atoms. The fourth-order valence-electron chi connectivity index (χ4n) is 1.24. The monoisotopic (exact) mass is 143 g/mol. The lowest BCUT2D eigenvalue weighted by atomic mass is 9.83. The van der Waals surface area contributed by atoms with Crippen LogP contribution in [0.4, 0.5) is 0 Å². The van der Waals surface area contributed by atoms with Crippen molar-refractivity contribution in [2.45, 2.75) is 19.8 Å². The largest absolute Gasteiger partial charge is 0.481 e. The Kier molecular flexibility index (Phi) is 1.94. The van der Waals surface area contributed by atoms with Crippen LogP contribution in [0.15, 0.2) is 0 Å². The van der Waals surface area contributed by atoms with E-state index in [-0.39, 0.29) is 0 Å². The minimum absolute atomic E-state index is 0.516. The molecule has 0 radical (unpaired) electrons. The first-order valence-electron chi connectivity index (χ1n) is 3.59. The van der Waals surface area contributed by atoms with Gasteiger partial charge < -0.3 is 10.4 Å². The minimum Gasteiger partial charge on any atom is -0.481 e. The van der Waals surface area contributed by atoms with Crippen molar-refractivity contribution in [3.63, 3.8) is 0 Å². The zero-order chi connectivity index (χ0) is 7.61. The molecule has 1 fully saturated rings. The van der Waals surface area contributed by atoms with Crippen LogP contribution in [0.2, 0.25) is 0 Å². The highest BCUT2D eigenvalue weighted by Crippen LogP contribution is 2.24. The maximum atomic E-state index is 10.6. The zero-order valence-electron chi connectivity index (χ0n) is 6.18. The lowest BCUT2D eigenvalue weighted by molar-refractivity contribution is -0.148. The first-order chi connectivity index (χ1) is 4.65. The highest BCUT2D eigenvalue weighted by molar-refractivity contribution is 5.74. The predicted molar refractivity (Wildman–Crippen MR) is 37.8 cm³/mol. The number of piperidine rings is 1. The van der Waals surface area contributed by atoms with Gasteiger partial charge in [0, 0.05) is 6.54 Å². The molecule has 0 aliphatic carbocycles. The third-order valence-electron chi connectivity index (χ3n) is 2.11. The Morgan fingerprint density at radius 3 is 2.70 bits per heavy atom. The summed E-state index contributed by atoms with van der Waals surface area (Å²) in [7, 11) is 0. The molecule has 3 nitrogen and oxygen atoms in total. The van der Waals surface area contributed by atoms with E-state index < -0.39 is 11.4 Å². The van der Waals surface area contributed by atoms with Crippen molar-refractivity contribution in [3.05, 3.63) is 0 Å². The Labute approximate surface area is 60.4 Å². The average molecular weight is 143 g/mol. The summed E-state index contributed by atoms with van der Waals surface area (Å²) in [5, 5.41) is 11.8. The smallest absolute Gasteiger partial charge is 0.310 e. The molecule has 0 bridgehead atoms. The molecule has 0 amide bonds. The van der Waals surface area contributed by atoms with Gasteiger partial charge in [0.25, 0.3) is 0 Å². The Hall–Kier alpha value is -0.570. The number of carbonyl (C=O) groups is 1. The van der Waals surface area contributed by atoms with E-state index in [1.807, 2.05) is 0 Å². The van der Waals surface area contributed by atoms with Gasteiger partial charge in [0.15, 0.2) is 0 Å². The summed E-state index contributed by atoms with van der Waals surface area (Å²) < 4.78 is 0. The van der Waals surface area contributed by atoms with Crippen molar-refractivity contribution in [1.29, 1.82) is 0 Å². The molecular weight excluding hydrogens is 130 g/mol. The number of carboxylic acid groups (broad SMARTS) is 1.